The Labute approximate surface area is 253 Å². The van der Waals surface area contributed by atoms with Crippen molar-refractivity contribution in [1.29, 1.82) is 0 Å². The number of amides is 1. The zero-order valence-corrected chi connectivity index (χ0v) is 25.6. The average molecular weight is 591 g/mol. The van der Waals surface area contributed by atoms with Crippen molar-refractivity contribution < 1.29 is 14.3 Å². The Morgan fingerprint density at radius 1 is 0.953 bits per heavy atom. The van der Waals surface area contributed by atoms with Crippen molar-refractivity contribution in [2.75, 3.05) is 37.9 Å². The van der Waals surface area contributed by atoms with Gasteiger partial charge in [0, 0.05) is 43.7 Å². The molecule has 11 heteroatoms. The smallest absolute Gasteiger partial charge is 0.227 e. The van der Waals surface area contributed by atoms with E-state index in [9.17, 15) is 4.79 Å². The largest absolute Gasteiger partial charge is 0.497 e. The van der Waals surface area contributed by atoms with E-state index in [1.165, 1.54) is 25.7 Å². The molecule has 232 valence electrons. The van der Waals surface area contributed by atoms with Crippen LogP contribution in [0.3, 0.4) is 0 Å². The number of anilines is 2. The fourth-order valence-corrected chi connectivity index (χ4v) is 6.92. The molecule has 1 amide bonds. The number of nitrogens with two attached hydrogens (primary N) is 1. The maximum absolute atomic E-state index is 13.1. The molecule has 4 N–H and O–H groups in total. The Bertz CT molecular complexity index is 1390. The Morgan fingerprint density at radius 2 is 1.70 bits per heavy atom. The van der Waals surface area contributed by atoms with Crippen LogP contribution in [0.5, 0.6) is 11.5 Å². The minimum absolute atomic E-state index is 0.168. The number of nitrogens with one attached hydrogen (secondary N) is 2. The summed E-state index contributed by atoms with van der Waals surface area (Å²) in [6.07, 6.45) is 13.6. The van der Waals surface area contributed by atoms with Gasteiger partial charge >= 0.3 is 0 Å². The van der Waals surface area contributed by atoms with E-state index in [4.69, 9.17) is 30.2 Å². The van der Waals surface area contributed by atoms with Gasteiger partial charge in [-0.05, 0) is 81.5 Å². The number of hydrogen-bond acceptors (Lipinski definition) is 9. The van der Waals surface area contributed by atoms with Crippen LogP contribution in [0.15, 0.2) is 24.5 Å². The molecule has 6 rings (SSSR count). The predicted octanol–water partition coefficient (Wildman–Crippen LogP) is 4.68. The first-order chi connectivity index (χ1) is 21.0. The highest BCUT2D eigenvalue weighted by Gasteiger charge is 2.27. The molecule has 0 spiro atoms. The van der Waals surface area contributed by atoms with E-state index in [0.717, 1.165) is 72.6 Å². The first-order valence-corrected chi connectivity index (χ1v) is 16.0. The van der Waals surface area contributed by atoms with Crippen LogP contribution >= 0.6 is 0 Å². The number of nitrogens with zero attached hydrogens (tertiary/aromatic N) is 5. The summed E-state index contributed by atoms with van der Waals surface area (Å²) in [5.41, 5.74) is 8.86. The fourth-order valence-electron chi connectivity index (χ4n) is 6.92. The normalized spacial score (nSPS) is 21.7. The molecular formula is C32H46N8O3. The molecule has 2 aliphatic carbocycles. The van der Waals surface area contributed by atoms with E-state index < -0.39 is 0 Å². The number of ether oxygens (including phenoxy) is 2. The lowest BCUT2D eigenvalue weighted by Gasteiger charge is -2.33. The number of imidazole rings is 1. The monoisotopic (exact) mass is 590 g/mol. The number of aromatic nitrogens is 4. The van der Waals surface area contributed by atoms with Crippen LogP contribution in [-0.2, 0) is 11.2 Å². The molecule has 11 nitrogen and oxygen atoms in total. The number of aryl methyl sites for hydroxylation is 1. The maximum Gasteiger partial charge on any atom is 0.227 e. The van der Waals surface area contributed by atoms with Gasteiger partial charge in [0.1, 0.15) is 11.5 Å². The third-order valence-electron chi connectivity index (χ3n) is 9.53. The second kappa shape index (κ2) is 13.4. The second-order valence-corrected chi connectivity index (χ2v) is 12.4. The van der Waals surface area contributed by atoms with Crippen molar-refractivity contribution in [3.8, 4) is 11.5 Å². The molecule has 1 aromatic carbocycles. The van der Waals surface area contributed by atoms with Crippen molar-refractivity contribution in [3.05, 3.63) is 30.1 Å². The summed E-state index contributed by atoms with van der Waals surface area (Å²) in [7, 11) is 3.30. The zero-order chi connectivity index (χ0) is 29.8. The molecule has 0 unspecified atom stereocenters. The quantitative estimate of drug-likeness (QED) is 0.308. The van der Waals surface area contributed by atoms with Crippen molar-refractivity contribution in [3.63, 3.8) is 0 Å². The molecule has 2 aromatic heterocycles. The summed E-state index contributed by atoms with van der Waals surface area (Å²) < 4.78 is 13.1. The molecule has 3 heterocycles. The molecule has 43 heavy (non-hydrogen) atoms. The molecule has 1 saturated heterocycles. The number of rotatable bonds is 10. The van der Waals surface area contributed by atoms with Crippen molar-refractivity contribution in [2.24, 2.45) is 5.73 Å². The molecule has 3 aliphatic rings. The van der Waals surface area contributed by atoms with Crippen LogP contribution in [0.2, 0.25) is 0 Å². The van der Waals surface area contributed by atoms with Gasteiger partial charge in [-0.2, -0.15) is 9.97 Å². The minimum atomic E-state index is 0.168. The number of methoxy groups -OCH3 is 2. The van der Waals surface area contributed by atoms with Crippen molar-refractivity contribution in [1.82, 2.24) is 24.4 Å². The third kappa shape index (κ3) is 6.82. The number of likely N-dealkylation sites (tertiary alicyclic amines) is 1. The third-order valence-corrected chi connectivity index (χ3v) is 9.53. The van der Waals surface area contributed by atoms with Gasteiger partial charge in [-0.25, -0.2) is 4.98 Å². The standard InChI is InChI=1S/C32H46N8O3/c1-42-26-12-13-27(43-2)21(19-26)7-14-28(41)39-17-15-24(16-18-39)35-30-29-31(40(20-34-29)25-5-3-4-6-25)38-32(37-30)36-23-10-8-22(33)9-11-23/h12-13,19-20,22-25H,3-11,14-18,33H2,1-2H3,(H2,35,36,37,38). The number of fused-ring (bicyclic) bond motifs is 1. The minimum Gasteiger partial charge on any atom is -0.497 e. The lowest BCUT2D eigenvalue weighted by molar-refractivity contribution is -0.132. The highest BCUT2D eigenvalue weighted by molar-refractivity contribution is 5.84. The average Bonchev–Trinajstić information content (AvgIpc) is 3.72. The number of carbonyl (C=O) groups is 1. The van der Waals surface area contributed by atoms with E-state index >= 15 is 0 Å². The lowest BCUT2D eigenvalue weighted by atomic mass is 9.92. The van der Waals surface area contributed by atoms with Gasteiger partial charge in [-0.15, -0.1) is 0 Å². The Balaban J connectivity index is 1.11. The summed E-state index contributed by atoms with van der Waals surface area (Å²) in [6.45, 7) is 1.42. The van der Waals surface area contributed by atoms with Gasteiger partial charge in [0.15, 0.2) is 17.0 Å². The van der Waals surface area contributed by atoms with E-state index in [-0.39, 0.29) is 11.9 Å². The van der Waals surface area contributed by atoms with E-state index in [0.29, 0.717) is 50.0 Å². The van der Waals surface area contributed by atoms with Gasteiger partial charge < -0.3 is 35.3 Å². The SMILES string of the molecule is COc1ccc(OC)c(CCC(=O)N2CCC(Nc3nc(NC4CCC(N)CC4)nc4c3ncn4C3CCCC3)CC2)c1. The maximum atomic E-state index is 13.1. The number of carbonyl (C=O) groups excluding carboxylic acids is 1. The van der Waals surface area contributed by atoms with Gasteiger partial charge in [0.2, 0.25) is 11.9 Å². The van der Waals surface area contributed by atoms with Crippen LogP contribution in [0, 0.1) is 0 Å². The van der Waals surface area contributed by atoms with E-state index in [2.05, 4.69) is 15.2 Å². The highest BCUT2D eigenvalue weighted by atomic mass is 16.5. The molecule has 0 bridgehead atoms. The Hall–Kier alpha value is -3.60. The van der Waals surface area contributed by atoms with E-state index in [1.54, 1.807) is 14.2 Å². The first kappa shape index (κ1) is 29.5. The highest BCUT2D eigenvalue weighted by Crippen LogP contribution is 2.34. The zero-order valence-electron chi connectivity index (χ0n) is 25.6. The molecular weight excluding hydrogens is 544 g/mol. The first-order valence-electron chi connectivity index (χ1n) is 16.0. The summed E-state index contributed by atoms with van der Waals surface area (Å²) in [4.78, 5) is 29.9. The topological polar surface area (TPSA) is 132 Å². The van der Waals surface area contributed by atoms with Gasteiger partial charge in [-0.1, -0.05) is 12.8 Å². The summed E-state index contributed by atoms with van der Waals surface area (Å²) >= 11 is 0. The van der Waals surface area contributed by atoms with Gasteiger partial charge in [0.05, 0.1) is 20.5 Å². The van der Waals surface area contributed by atoms with Crippen LogP contribution < -0.4 is 25.8 Å². The van der Waals surface area contributed by atoms with Crippen molar-refractivity contribution >= 4 is 28.8 Å². The number of piperidine rings is 1. The fraction of sp³-hybridized carbons (Fsp3) is 0.625. The van der Waals surface area contributed by atoms with Crippen LogP contribution in [0.4, 0.5) is 11.8 Å². The Morgan fingerprint density at radius 3 is 2.42 bits per heavy atom. The number of hydrogen-bond donors (Lipinski definition) is 3. The summed E-state index contributed by atoms with van der Waals surface area (Å²) in [5.74, 6) is 3.16. The molecule has 0 atom stereocenters. The lowest BCUT2D eigenvalue weighted by Crippen LogP contribution is -2.42. The summed E-state index contributed by atoms with van der Waals surface area (Å²) in [6, 6.07) is 6.99. The van der Waals surface area contributed by atoms with Gasteiger partial charge in [0.25, 0.3) is 0 Å². The molecule has 2 saturated carbocycles. The van der Waals surface area contributed by atoms with Crippen LogP contribution in [0.1, 0.15) is 82.2 Å². The van der Waals surface area contributed by atoms with Gasteiger partial charge in [-0.3, -0.25) is 4.79 Å². The molecule has 1 aliphatic heterocycles. The molecule has 3 aromatic rings. The second-order valence-electron chi connectivity index (χ2n) is 12.4. The molecule has 3 fully saturated rings. The predicted molar refractivity (Wildman–Crippen MR) is 168 cm³/mol. The summed E-state index contributed by atoms with van der Waals surface area (Å²) in [5, 5.41) is 7.32. The van der Waals surface area contributed by atoms with Crippen LogP contribution in [0.25, 0.3) is 11.2 Å². The van der Waals surface area contributed by atoms with Crippen molar-refractivity contribution in [2.45, 2.75) is 101 Å². The number of benzene rings is 1. The molecule has 0 radical (unpaired) electrons. The van der Waals surface area contributed by atoms with Crippen LogP contribution in [-0.4, -0.2) is 75.8 Å². The Kier molecular flexibility index (Phi) is 9.16. The van der Waals surface area contributed by atoms with E-state index in [1.807, 2.05) is 29.4 Å².